The van der Waals surface area contributed by atoms with Gasteiger partial charge in [-0.2, -0.15) is 0 Å². The van der Waals surface area contributed by atoms with Gasteiger partial charge in [0.15, 0.2) is 0 Å². The van der Waals surface area contributed by atoms with E-state index in [0.29, 0.717) is 12.3 Å². The number of rotatable bonds is 14. The Morgan fingerprint density at radius 3 is 1.91 bits per heavy atom. The molecule has 2 aliphatic rings. The van der Waals surface area contributed by atoms with E-state index in [1.54, 1.807) is 0 Å². The summed E-state index contributed by atoms with van der Waals surface area (Å²) >= 11 is 0. The van der Waals surface area contributed by atoms with Crippen LogP contribution >= 0.6 is 0 Å². The molecule has 0 heteroatoms. The Labute approximate surface area is 273 Å². The Bertz CT molecular complexity index is 1320. The van der Waals surface area contributed by atoms with Crippen molar-refractivity contribution in [3.05, 3.63) is 48.6 Å². The zero-order chi connectivity index (χ0) is 33.6. The number of hydrogen-bond acceptors (Lipinski definition) is 0. The third kappa shape index (κ3) is 12.9. The molecule has 0 N–H and O–H groups in total. The SMILES string of the molecule is C#CC(=C)CC(C#C)CCC(C)(C#C)CC1(C)CCC(=C)C1.C#CC(=C)CCC(C)(C#C)CC1(C)CCC(CC(=C)C#C)C1. The lowest BCUT2D eigenvalue weighted by Crippen LogP contribution is -2.25. The Morgan fingerprint density at radius 2 is 1.41 bits per heavy atom. The maximum Gasteiger partial charge on any atom is 0.0292 e. The lowest BCUT2D eigenvalue weighted by Gasteiger charge is -2.34. The van der Waals surface area contributed by atoms with Crippen molar-refractivity contribution in [1.29, 1.82) is 0 Å². The smallest absolute Gasteiger partial charge is 0.0292 e. The molecule has 0 bridgehead atoms. The van der Waals surface area contributed by atoms with Crippen molar-refractivity contribution >= 4 is 0 Å². The lowest BCUT2D eigenvalue weighted by molar-refractivity contribution is 0.197. The minimum atomic E-state index is -0.119. The van der Waals surface area contributed by atoms with Gasteiger partial charge in [-0.3, -0.25) is 0 Å². The Balaban J connectivity index is 0.000000440. The fourth-order valence-corrected chi connectivity index (χ4v) is 7.51. The monoisotopic (exact) mass is 584 g/mol. The molecule has 232 valence electrons. The molecule has 2 aliphatic carbocycles. The molecule has 2 fully saturated rings. The van der Waals surface area contributed by atoms with Gasteiger partial charge in [-0.15, -0.1) is 56.3 Å². The first-order valence-corrected chi connectivity index (χ1v) is 16.0. The van der Waals surface area contributed by atoms with Gasteiger partial charge in [0, 0.05) is 16.7 Å². The van der Waals surface area contributed by atoms with Gasteiger partial charge in [-0.25, -0.2) is 0 Å². The van der Waals surface area contributed by atoms with E-state index in [2.05, 4.69) is 89.5 Å². The second-order valence-electron chi connectivity index (χ2n) is 15.0. The molecule has 0 aromatic carbocycles. The second-order valence-corrected chi connectivity index (χ2v) is 15.0. The van der Waals surface area contributed by atoms with Crippen LogP contribution in [-0.4, -0.2) is 0 Å². The van der Waals surface area contributed by atoms with Crippen molar-refractivity contribution in [2.24, 2.45) is 33.5 Å². The van der Waals surface area contributed by atoms with Crippen LogP contribution in [0.15, 0.2) is 48.6 Å². The standard InChI is InChI=1S/2C22H28/c1-8-18(4)15-20(9-2)12-14-21(6,10-3)17-22(7)13-11-19(5)16-22;1-8-18(4)11-13-21(6,10-3)17-22(7)14-12-20(16-22)15-19(5)9-2/h2*1-3,20H,4-5,11-17H2,6-7H3. The summed E-state index contributed by atoms with van der Waals surface area (Å²) in [4.78, 5) is 0. The second kappa shape index (κ2) is 17.0. The van der Waals surface area contributed by atoms with Crippen LogP contribution in [0.4, 0.5) is 0 Å². The molecular formula is C44H56. The van der Waals surface area contributed by atoms with Gasteiger partial charge < -0.3 is 0 Å². The first-order valence-electron chi connectivity index (χ1n) is 16.0. The van der Waals surface area contributed by atoms with Crippen LogP contribution in [0.5, 0.6) is 0 Å². The van der Waals surface area contributed by atoms with Crippen molar-refractivity contribution in [2.45, 2.75) is 118 Å². The zero-order valence-corrected chi connectivity index (χ0v) is 28.3. The molecule has 2 saturated carbocycles. The molecule has 0 aromatic heterocycles. The average Bonchev–Trinajstić information content (AvgIpc) is 3.53. The summed E-state index contributed by atoms with van der Waals surface area (Å²) in [5, 5.41) is 0. The predicted octanol–water partition coefficient (Wildman–Crippen LogP) is 10.7. The fraction of sp³-hybridized carbons (Fsp3) is 0.545. The molecular weight excluding hydrogens is 528 g/mol. The van der Waals surface area contributed by atoms with E-state index in [4.69, 9.17) is 38.5 Å². The molecule has 0 amide bonds. The van der Waals surface area contributed by atoms with Gasteiger partial charge in [0.25, 0.3) is 0 Å². The van der Waals surface area contributed by atoms with Crippen molar-refractivity contribution < 1.29 is 0 Å². The fourth-order valence-electron chi connectivity index (χ4n) is 7.51. The van der Waals surface area contributed by atoms with E-state index >= 15 is 0 Å². The van der Waals surface area contributed by atoms with Gasteiger partial charge in [-0.1, -0.05) is 63.5 Å². The first-order chi connectivity index (χ1) is 20.5. The normalized spacial score (nSPS) is 25.4. The van der Waals surface area contributed by atoms with Crippen LogP contribution in [0, 0.1) is 108 Å². The molecule has 0 radical (unpaired) electrons. The van der Waals surface area contributed by atoms with Crippen molar-refractivity contribution in [3.63, 3.8) is 0 Å². The van der Waals surface area contributed by atoms with Gasteiger partial charge in [0.05, 0.1) is 0 Å². The van der Waals surface area contributed by atoms with Gasteiger partial charge in [0.2, 0.25) is 0 Å². The summed E-state index contributed by atoms with van der Waals surface area (Å²) < 4.78 is 0. The van der Waals surface area contributed by atoms with Crippen LogP contribution in [-0.2, 0) is 0 Å². The third-order valence-electron chi connectivity index (χ3n) is 9.93. The highest BCUT2D eigenvalue weighted by atomic mass is 14.4. The molecule has 2 rings (SSSR count). The highest BCUT2D eigenvalue weighted by Crippen LogP contribution is 2.51. The van der Waals surface area contributed by atoms with Gasteiger partial charge >= 0.3 is 0 Å². The number of terminal acetylenes is 6. The highest BCUT2D eigenvalue weighted by Gasteiger charge is 2.40. The molecule has 6 atom stereocenters. The van der Waals surface area contributed by atoms with Crippen LogP contribution in [0.3, 0.4) is 0 Å². The Kier molecular flexibility index (Phi) is 14.8. The number of allylic oxidation sites excluding steroid dienone is 4. The Morgan fingerprint density at radius 1 is 0.841 bits per heavy atom. The number of hydrogen-bond donors (Lipinski definition) is 0. The topological polar surface area (TPSA) is 0 Å². The summed E-state index contributed by atoms with van der Waals surface area (Å²) in [6.45, 7) is 24.8. The van der Waals surface area contributed by atoms with Gasteiger partial charge in [-0.05, 0) is 137 Å². The summed E-state index contributed by atoms with van der Waals surface area (Å²) in [5.74, 6) is 17.5. The largest absolute Gasteiger partial charge is 0.120 e. The van der Waals surface area contributed by atoms with Crippen LogP contribution in [0.25, 0.3) is 0 Å². The van der Waals surface area contributed by atoms with Crippen LogP contribution in [0.2, 0.25) is 0 Å². The lowest BCUT2D eigenvalue weighted by atomic mass is 9.69. The molecule has 44 heavy (non-hydrogen) atoms. The van der Waals surface area contributed by atoms with E-state index in [1.165, 1.54) is 31.3 Å². The van der Waals surface area contributed by atoms with E-state index in [0.717, 1.165) is 74.5 Å². The first kappa shape index (κ1) is 38.3. The molecule has 0 spiro atoms. The molecule has 0 nitrogen and oxygen atoms in total. The van der Waals surface area contributed by atoms with Crippen LogP contribution in [0.1, 0.15) is 118 Å². The predicted molar refractivity (Wildman–Crippen MR) is 194 cm³/mol. The average molecular weight is 585 g/mol. The zero-order valence-electron chi connectivity index (χ0n) is 28.3. The van der Waals surface area contributed by atoms with Crippen LogP contribution < -0.4 is 0 Å². The van der Waals surface area contributed by atoms with E-state index in [9.17, 15) is 0 Å². The third-order valence-corrected chi connectivity index (χ3v) is 9.93. The van der Waals surface area contributed by atoms with Crippen molar-refractivity contribution in [3.8, 4) is 74.1 Å². The quantitative estimate of drug-likeness (QED) is 0.141. The molecule has 6 unspecified atom stereocenters. The summed E-state index contributed by atoms with van der Waals surface area (Å²) in [7, 11) is 0. The molecule has 0 aromatic rings. The summed E-state index contributed by atoms with van der Waals surface area (Å²) in [5.41, 5.74) is 4.21. The highest BCUT2D eigenvalue weighted by molar-refractivity contribution is 5.24. The minimum Gasteiger partial charge on any atom is -0.120 e. The van der Waals surface area contributed by atoms with Gasteiger partial charge in [0.1, 0.15) is 0 Å². The van der Waals surface area contributed by atoms with E-state index in [-0.39, 0.29) is 27.6 Å². The molecule has 0 aliphatic heterocycles. The summed E-state index contributed by atoms with van der Waals surface area (Å²) in [6.07, 6.45) is 47.8. The molecule has 0 saturated heterocycles. The molecule has 0 heterocycles. The minimum absolute atomic E-state index is 0.118. The Hall–Kier alpha value is -3.68. The van der Waals surface area contributed by atoms with E-state index in [1.807, 2.05) is 0 Å². The maximum absolute atomic E-state index is 5.86. The van der Waals surface area contributed by atoms with Crippen molar-refractivity contribution in [1.82, 2.24) is 0 Å². The maximum atomic E-state index is 5.86. The van der Waals surface area contributed by atoms with E-state index < -0.39 is 0 Å². The summed E-state index contributed by atoms with van der Waals surface area (Å²) in [6, 6.07) is 0. The van der Waals surface area contributed by atoms with Crippen molar-refractivity contribution in [2.75, 3.05) is 0 Å².